The van der Waals surface area contributed by atoms with Gasteiger partial charge in [-0.15, -0.1) is 0 Å². The summed E-state index contributed by atoms with van der Waals surface area (Å²) < 4.78 is 11.2. The SMILES string of the molecule is CCCCO/C=C(\C)c1cccc(/C(C)=C/OCCCC)c1. The summed E-state index contributed by atoms with van der Waals surface area (Å²) in [5.41, 5.74) is 4.68. The largest absolute Gasteiger partial charge is 0.501 e. The topological polar surface area (TPSA) is 18.5 Å². The highest BCUT2D eigenvalue weighted by atomic mass is 16.5. The van der Waals surface area contributed by atoms with Crippen LogP contribution in [-0.4, -0.2) is 13.2 Å². The molecule has 0 aliphatic carbocycles. The van der Waals surface area contributed by atoms with Crippen molar-refractivity contribution in [2.45, 2.75) is 53.4 Å². The van der Waals surface area contributed by atoms with E-state index in [9.17, 15) is 0 Å². The maximum Gasteiger partial charge on any atom is 0.0873 e. The molecule has 122 valence electrons. The molecule has 0 N–H and O–H groups in total. The Kier molecular flexibility index (Phi) is 9.13. The number of unbranched alkanes of at least 4 members (excludes halogenated alkanes) is 2. The second-order valence-corrected chi connectivity index (χ2v) is 5.63. The predicted molar refractivity (Wildman–Crippen MR) is 95.5 cm³/mol. The minimum atomic E-state index is 0.789. The monoisotopic (exact) mass is 302 g/mol. The lowest BCUT2D eigenvalue weighted by atomic mass is 10.0. The maximum absolute atomic E-state index is 5.58. The van der Waals surface area contributed by atoms with Gasteiger partial charge in [-0.05, 0) is 55.0 Å². The second kappa shape index (κ2) is 10.9. The first-order chi connectivity index (χ1) is 10.7. The van der Waals surface area contributed by atoms with Crippen molar-refractivity contribution >= 4 is 11.1 Å². The van der Waals surface area contributed by atoms with Gasteiger partial charge in [-0.1, -0.05) is 44.9 Å². The van der Waals surface area contributed by atoms with E-state index in [1.165, 1.54) is 11.1 Å². The Labute approximate surface area is 135 Å². The summed E-state index contributed by atoms with van der Waals surface area (Å²) in [5.74, 6) is 0. The molecule has 0 spiro atoms. The van der Waals surface area contributed by atoms with Gasteiger partial charge in [0.25, 0.3) is 0 Å². The molecule has 0 atom stereocenters. The van der Waals surface area contributed by atoms with E-state index in [-0.39, 0.29) is 0 Å². The molecule has 0 unspecified atom stereocenters. The quantitative estimate of drug-likeness (QED) is 0.387. The molecule has 0 aliphatic heterocycles. The van der Waals surface area contributed by atoms with Crippen molar-refractivity contribution in [3.63, 3.8) is 0 Å². The van der Waals surface area contributed by atoms with Crippen LogP contribution in [0.3, 0.4) is 0 Å². The first kappa shape index (κ1) is 18.3. The second-order valence-electron chi connectivity index (χ2n) is 5.63. The molecule has 1 rings (SSSR count). The number of rotatable bonds is 10. The first-order valence-corrected chi connectivity index (χ1v) is 8.36. The summed E-state index contributed by atoms with van der Waals surface area (Å²) in [4.78, 5) is 0. The third-order valence-corrected chi connectivity index (χ3v) is 3.52. The fourth-order valence-corrected chi connectivity index (χ4v) is 1.97. The summed E-state index contributed by atoms with van der Waals surface area (Å²) in [5, 5.41) is 0. The van der Waals surface area contributed by atoms with Gasteiger partial charge >= 0.3 is 0 Å². The zero-order valence-corrected chi connectivity index (χ0v) is 14.5. The Hall–Kier alpha value is -1.70. The molecular formula is C20H30O2. The molecule has 0 aliphatic rings. The molecule has 0 aromatic heterocycles. The standard InChI is InChI=1S/C20H30O2/c1-5-7-12-21-15-17(3)19-10-9-11-20(14-19)18(4)16-22-13-8-6-2/h9-11,14-16H,5-8,12-13H2,1-4H3/b17-15+,18-16+. The molecule has 1 aromatic rings. The normalized spacial score (nSPS) is 12.4. The number of benzene rings is 1. The Bertz CT molecular complexity index is 445. The molecule has 0 fully saturated rings. The number of hydrogen-bond donors (Lipinski definition) is 0. The molecule has 2 nitrogen and oxygen atoms in total. The minimum absolute atomic E-state index is 0.789. The van der Waals surface area contributed by atoms with E-state index < -0.39 is 0 Å². The van der Waals surface area contributed by atoms with E-state index in [0.29, 0.717) is 0 Å². The average molecular weight is 302 g/mol. The molecule has 0 radical (unpaired) electrons. The van der Waals surface area contributed by atoms with Gasteiger partial charge in [-0.2, -0.15) is 0 Å². The van der Waals surface area contributed by atoms with Crippen LogP contribution < -0.4 is 0 Å². The summed E-state index contributed by atoms with van der Waals surface area (Å²) in [6.45, 7) is 10.1. The first-order valence-electron chi connectivity index (χ1n) is 8.36. The Morgan fingerprint density at radius 1 is 0.864 bits per heavy atom. The van der Waals surface area contributed by atoms with Crippen LogP contribution in [0.1, 0.15) is 64.5 Å². The van der Waals surface area contributed by atoms with E-state index >= 15 is 0 Å². The summed E-state index contributed by atoms with van der Waals surface area (Å²) in [7, 11) is 0. The number of ether oxygens (including phenoxy) is 2. The molecule has 2 heteroatoms. The lowest BCUT2D eigenvalue weighted by molar-refractivity contribution is 0.245. The molecule has 0 heterocycles. The van der Waals surface area contributed by atoms with Crippen molar-refractivity contribution in [1.82, 2.24) is 0 Å². The maximum atomic E-state index is 5.58. The predicted octanol–water partition coefficient (Wildman–Crippen LogP) is 6.04. The lowest BCUT2D eigenvalue weighted by Crippen LogP contribution is -1.90. The van der Waals surface area contributed by atoms with Crippen LogP contribution in [0.2, 0.25) is 0 Å². The van der Waals surface area contributed by atoms with Crippen molar-refractivity contribution < 1.29 is 9.47 Å². The molecule has 0 bridgehead atoms. The third kappa shape index (κ3) is 6.84. The molecule has 0 saturated heterocycles. The smallest absolute Gasteiger partial charge is 0.0873 e. The van der Waals surface area contributed by atoms with E-state index in [0.717, 1.165) is 50.0 Å². The third-order valence-electron chi connectivity index (χ3n) is 3.52. The Balaban J connectivity index is 2.68. The van der Waals surface area contributed by atoms with Crippen molar-refractivity contribution in [3.05, 3.63) is 47.9 Å². The van der Waals surface area contributed by atoms with Crippen LogP contribution in [0.15, 0.2) is 36.8 Å². The van der Waals surface area contributed by atoms with Crippen molar-refractivity contribution in [1.29, 1.82) is 0 Å². The van der Waals surface area contributed by atoms with Gasteiger partial charge in [0, 0.05) is 0 Å². The van der Waals surface area contributed by atoms with Crippen LogP contribution in [-0.2, 0) is 9.47 Å². The molecular weight excluding hydrogens is 272 g/mol. The van der Waals surface area contributed by atoms with Gasteiger partial charge in [0.05, 0.1) is 25.7 Å². The minimum Gasteiger partial charge on any atom is -0.501 e. The summed E-state index contributed by atoms with van der Waals surface area (Å²) >= 11 is 0. The van der Waals surface area contributed by atoms with Gasteiger partial charge in [-0.25, -0.2) is 0 Å². The zero-order chi connectivity index (χ0) is 16.2. The van der Waals surface area contributed by atoms with Crippen LogP contribution in [0.5, 0.6) is 0 Å². The molecule has 0 amide bonds. The van der Waals surface area contributed by atoms with E-state index in [1.54, 1.807) is 0 Å². The lowest BCUT2D eigenvalue weighted by Gasteiger charge is -2.08. The molecule has 0 saturated carbocycles. The number of allylic oxidation sites excluding steroid dienone is 2. The molecule has 22 heavy (non-hydrogen) atoms. The summed E-state index contributed by atoms with van der Waals surface area (Å²) in [6, 6.07) is 8.49. The van der Waals surface area contributed by atoms with Crippen molar-refractivity contribution in [2.75, 3.05) is 13.2 Å². The molecule has 1 aromatic carbocycles. The van der Waals surface area contributed by atoms with Crippen LogP contribution in [0.4, 0.5) is 0 Å². The van der Waals surface area contributed by atoms with Gasteiger partial charge in [0.1, 0.15) is 0 Å². The Morgan fingerprint density at radius 3 is 1.73 bits per heavy atom. The number of hydrogen-bond acceptors (Lipinski definition) is 2. The highest BCUT2D eigenvalue weighted by molar-refractivity contribution is 5.70. The van der Waals surface area contributed by atoms with Crippen LogP contribution >= 0.6 is 0 Å². The van der Waals surface area contributed by atoms with E-state index in [2.05, 4.69) is 52.0 Å². The van der Waals surface area contributed by atoms with Crippen LogP contribution in [0, 0.1) is 0 Å². The van der Waals surface area contributed by atoms with Gasteiger partial charge in [0.2, 0.25) is 0 Å². The van der Waals surface area contributed by atoms with Gasteiger partial charge in [-0.3, -0.25) is 0 Å². The van der Waals surface area contributed by atoms with E-state index in [4.69, 9.17) is 9.47 Å². The van der Waals surface area contributed by atoms with Crippen LogP contribution in [0.25, 0.3) is 11.1 Å². The fourth-order valence-electron chi connectivity index (χ4n) is 1.97. The highest BCUT2D eigenvalue weighted by Crippen LogP contribution is 2.20. The zero-order valence-electron chi connectivity index (χ0n) is 14.5. The van der Waals surface area contributed by atoms with Crippen molar-refractivity contribution in [2.24, 2.45) is 0 Å². The Morgan fingerprint density at radius 2 is 1.32 bits per heavy atom. The van der Waals surface area contributed by atoms with E-state index in [1.807, 2.05) is 12.5 Å². The van der Waals surface area contributed by atoms with Crippen molar-refractivity contribution in [3.8, 4) is 0 Å². The van der Waals surface area contributed by atoms with Gasteiger partial charge in [0.15, 0.2) is 0 Å². The fraction of sp³-hybridized carbons (Fsp3) is 0.500. The summed E-state index contributed by atoms with van der Waals surface area (Å²) in [6.07, 6.45) is 8.24. The average Bonchev–Trinajstić information content (AvgIpc) is 2.55. The van der Waals surface area contributed by atoms with Gasteiger partial charge < -0.3 is 9.47 Å². The highest BCUT2D eigenvalue weighted by Gasteiger charge is 2.01.